The van der Waals surface area contributed by atoms with Gasteiger partial charge in [0.2, 0.25) is 0 Å². The predicted molar refractivity (Wildman–Crippen MR) is 211 cm³/mol. The molecular weight excluding hydrogens is 845 g/mol. The minimum Gasteiger partial charge on any atom is -0.481 e. The predicted octanol–water partition coefficient (Wildman–Crippen LogP) is 0.110. The van der Waals surface area contributed by atoms with E-state index in [1.54, 1.807) is 0 Å². The summed E-state index contributed by atoms with van der Waals surface area (Å²) in [5.41, 5.74) is 0.664. The van der Waals surface area contributed by atoms with Gasteiger partial charge in [0.15, 0.2) is 0 Å². The third-order valence-electron chi connectivity index (χ3n) is 8.93. The largest absolute Gasteiger partial charge is 0.481 e. The maximum Gasteiger partial charge on any atom is 0.326 e. The molecule has 63 heavy (non-hydrogen) atoms. The average molecular weight is 896 g/mol. The molecule has 1 aromatic carbocycles. The fraction of sp³-hybridized carbons (Fsp3) is 0.514. The lowest BCUT2D eigenvalue weighted by molar-refractivity contribution is -0.142. The molecule has 0 bridgehead atoms. The lowest BCUT2D eigenvalue weighted by Crippen LogP contribution is -2.51. The van der Waals surface area contributed by atoms with E-state index in [0.717, 1.165) is 0 Å². The number of aryl methyl sites for hydroxylation is 1. The van der Waals surface area contributed by atoms with Crippen molar-refractivity contribution in [2.75, 3.05) is 19.8 Å². The van der Waals surface area contributed by atoms with Crippen LogP contribution in [-0.2, 0) is 35.2 Å². The number of nitrogens with zero attached hydrogens (tertiary/aromatic N) is 3. The molecule has 0 radical (unpaired) electrons. The van der Waals surface area contributed by atoms with Crippen molar-refractivity contribution in [3.8, 4) is 5.69 Å². The number of hydrogen-bond donors (Lipinski definition) is 12. The summed E-state index contributed by atoms with van der Waals surface area (Å²) in [6, 6.07) is -4.25. The molecule has 0 saturated carbocycles. The molecule has 0 aliphatic rings. The van der Waals surface area contributed by atoms with Crippen LogP contribution < -0.4 is 31.9 Å². The fourth-order valence-corrected chi connectivity index (χ4v) is 5.63. The van der Waals surface area contributed by atoms with Gasteiger partial charge >= 0.3 is 47.9 Å². The lowest BCUT2D eigenvalue weighted by Gasteiger charge is -2.18. The molecule has 0 fully saturated rings. The van der Waals surface area contributed by atoms with Gasteiger partial charge in [-0.1, -0.05) is 5.21 Å². The van der Waals surface area contributed by atoms with Crippen LogP contribution in [0.5, 0.6) is 0 Å². The van der Waals surface area contributed by atoms with Gasteiger partial charge in [-0.2, -0.15) is 0 Å². The number of aliphatic carboxylic acids is 6. The topological polar surface area (TPSA) is 395 Å². The second kappa shape index (κ2) is 26.7. The minimum absolute atomic E-state index is 0.00200. The molecule has 4 unspecified atom stereocenters. The summed E-state index contributed by atoms with van der Waals surface area (Å²) in [7, 11) is 0. The summed E-state index contributed by atoms with van der Waals surface area (Å²) < 4.78 is 14.0. The number of benzene rings is 1. The van der Waals surface area contributed by atoms with Gasteiger partial charge in [-0.05, 0) is 82.4 Å². The molecule has 4 atom stereocenters. The van der Waals surface area contributed by atoms with E-state index in [4.69, 9.17) is 10.2 Å². The van der Waals surface area contributed by atoms with Crippen molar-refractivity contribution in [2.45, 2.75) is 101 Å². The van der Waals surface area contributed by atoms with E-state index in [-0.39, 0.29) is 81.3 Å². The van der Waals surface area contributed by atoms with Crippen LogP contribution in [0.2, 0.25) is 0 Å². The van der Waals surface area contributed by atoms with Gasteiger partial charge in [0.25, 0.3) is 11.8 Å². The van der Waals surface area contributed by atoms with Gasteiger partial charge in [0.1, 0.15) is 24.2 Å². The number of urea groups is 2. The number of rotatable bonds is 30. The molecule has 2 aromatic rings. The van der Waals surface area contributed by atoms with E-state index < -0.39 is 116 Å². The van der Waals surface area contributed by atoms with Gasteiger partial charge in [-0.25, -0.2) is 33.4 Å². The summed E-state index contributed by atoms with van der Waals surface area (Å²) in [4.78, 5) is 119. The number of amides is 6. The first-order valence-electron chi connectivity index (χ1n) is 19.5. The Labute approximate surface area is 357 Å². The van der Waals surface area contributed by atoms with E-state index in [9.17, 15) is 72.8 Å². The summed E-state index contributed by atoms with van der Waals surface area (Å²) in [5.74, 6) is -9.76. The highest BCUT2D eigenvalue weighted by molar-refractivity contribution is 6.00. The van der Waals surface area contributed by atoms with Gasteiger partial charge in [-0.15, -0.1) is 5.10 Å². The molecule has 6 amide bonds. The SMILES string of the molecule is O=C(O)CCC(NC(=O)NC(CCCCNC(=O)c1cc(C(=O)NCCCCC(NC(=O)NC(CCC(=O)O)C(=O)O)C(=O)O)cc(-n2cc(CCCF)nn2)c1)C(=O)O)C(=O)O. The monoisotopic (exact) mass is 895 g/mol. The van der Waals surface area contributed by atoms with E-state index in [1.807, 2.05) is 10.6 Å². The summed E-state index contributed by atoms with van der Waals surface area (Å²) in [5, 5.41) is 76.7. The smallest absolute Gasteiger partial charge is 0.326 e. The van der Waals surface area contributed by atoms with Crippen LogP contribution in [-0.4, -0.2) is 149 Å². The Morgan fingerprint density at radius 3 is 1.32 bits per heavy atom. The Hall–Kier alpha value is -7.41. The van der Waals surface area contributed by atoms with E-state index in [0.29, 0.717) is 5.69 Å². The Morgan fingerprint density at radius 1 is 0.556 bits per heavy atom. The number of aromatic nitrogens is 3. The lowest BCUT2D eigenvalue weighted by atomic mass is 10.1. The average Bonchev–Trinajstić information content (AvgIpc) is 3.70. The molecule has 346 valence electrons. The molecule has 26 heteroatoms. The quantitative estimate of drug-likeness (QED) is 0.0463. The number of nitrogens with one attached hydrogen (secondary N) is 6. The van der Waals surface area contributed by atoms with Crippen LogP contribution in [0.25, 0.3) is 5.69 Å². The zero-order valence-corrected chi connectivity index (χ0v) is 33.7. The summed E-state index contributed by atoms with van der Waals surface area (Å²) >= 11 is 0. The third kappa shape index (κ3) is 19.7. The molecule has 2 rings (SSSR count). The van der Waals surface area contributed by atoms with E-state index in [1.165, 1.54) is 29.1 Å². The van der Waals surface area contributed by atoms with Crippen molar-refractivity contribution in [3.63, 3.8) is 0 Å². The van der Waals surface area contributed by atoms with Crippen LogP contribution >= 0.6 is 0 Å². The highest BCUT2D eigenvalue weighted by atomic mass is 19.1. The number of carboxylic acid groups (broad SMARTS) is 6. The van der Waals surface area contributed by atoms with Crippen molar-refractivity contribution in [2.24, 2.45) is 0 Å². The van der Waals surface area contributed by atoms with Crippen LogP contribution in [0.15, 0.2) is 24.4 Å². The van der Waals surface area contributed by atoms with Crippen molar-refractivity contribution in [1.29, 1.82) is 0 Å². The highest BCUT2D eigenvalue weighted by Gasteiger charge is 2.26. The zero-order valence-electron chi connectivity index (χ0n) is 33.7. The first kappa shape index (κ1) is 51.7. The van der Waals surface area contributed by atoms with Gasteiger partial charge < -0.3 is 62.5 Å². The number of unbranched alkanes of at least 4 members (excludes halogenated alkanes) is 2. The van der Waals surface area contributed by atoms with Crippen LogP contribution in [0, 0.1) is 0 Å². The van der Waals surface area contributed by atoms with Crippen LogP contribution in [0.4, 0.5) is 14.0 Å². The Bertz CT molecular complexity index is 1850. The van der Waals surface area contributed by atoms with Gasteiger partial charge in [-0.3, -0.25) is 23.6 Å². The zero-order chi connectivity index (χ0) is 47.1. The Morgan fingerprint density at radius 2 is 0.952 bits per heavy atom. The molecule has 0 saturated heterocycles. The normalized spacial score (nSPS) is 12.7. The molecule has 1 heterocycles. The third-order valence-corrected chi connectivity index (χ3v) is 8.93. The summed E-state index contributed by atoms with van der Waals surface area (Å²) in [6.07, 6.45) is 0.420. The maximum atomic E-state index is 13.3. The van der Waals surface area contributed by atoms with Crippen LogP contribution in [0.1, 0.15) is 97.0 Å². The first-order valence-corrected chi connectivity index (χ1v) is 19.5. The van der Waals surface area contributed by atoms with Crippen molar-refractivity contribution >= 4 is 59.7 Å². The second-order valence-corrected chi connectivity index (χ2v) is 13.9. The molecule has 0 aliphatic heterocycles. The Balaban J connectivity index is 2.04. The standard InChI is InChI=1S/C37H50FN9O16/c38-13-5-6-22-19-47(46-45-22)23-17-20(30(52)39-14-3-1-7-24(32(54)55)41-36(62)43-26(34(58)59)9-11-28(48)49)16-21(18-23)31(53)40-15-4-2-8-25(33(56)57)42-37(63)44-27(35(60)61)10-12-29(50)51/h16-19,24-27H,1-15H2,(H,39,52)(H,40,53)(H,48,49)(H,50,51)(H,54,55)(H,56,57)(H,58,59)(H,60,61)(H2,41,43,62)(H2,42,44,63). The van der Waals surface area contributed by atoms with E-state index >= 15 is 0 Å². The van der Waals surface area contributed by atoms with Crippen molar-refractivity contribution in [1.82, 2.24) is 46.9 Å². The second-order valence-electron chi connectivity index (χ2n) is 13.9. The van der Waals surface area contributed by atoms with E-state index in [2.05, 4.69) is 31.6 Å². The fourth-order valence-electron chi connectivity index (χ4n) is 5.63. The van der Waals surface area contributed by atoms with Crippen molar-refractivity contribution < 1.29 is 83.0 Å². The molecule has 12 N–H and O–H groups in total. The molecule has 0 aliphatic carbocycles. The Kier molecular flexibility index (Phi) is 21.9. The number of hydrogen-bond acceptors (Lipinski definition) is 12. The van der Waals surface area contributed by atoms with Crippen LogP contribution in [0.3, 0.4) is 0 Å². The molecule has 25 nitrogen and oxygen atoms in total. The number of carbonyl (C=O) groups is 10. The number of carboxylic acids is 6. The molecule has 0 spiro atoms. The molecule has 1 aromatic heterocycles. The van der Waals surface area contributed by atoms with Gasteiger partial charge in [0, 0.05) is 37.1 Å². The van der Waals surface area contributed by atoms with Crippen molar-refractivity contribution in [3.05, 3.63) is 41.2 Å². The number of carbonyl (C=O) groups excluding carboxylic acids is 4. The molecular formula is C37H50FN9O16. The number of halogens is 1. The first-order chi connectivity index (χ1) is 29.8. The highest BCUT2D eigenvalue weighted by Crippen LogP contribution is 2.16. The van der Waals surface area contributed by atoms with Gasteiger partial charge in [0.05, 0.1) is 24.3 Å². The number of alkyl halides is 1. The minimum atomic E-state index is -1.58. The maximum absolute atomic E-state index is 13.3. The summed E-state index contributed by atoms with van der Waals surface area (Å²) in [6.45, 7) is -0.575.